The molecule has 1 aliphatic heterocycles. The molecular weight excluding hydrogens is 278 g/mol. The second-order valence-corrected chi connectivity index (χ2v) is 6.23. The highest BCUT2D eigenvalue weighted by Crippen LogP contribution is 2.41. The molecule has 0 spiro atoms. The van der Waals surface area contributed by atoms with Gasteiger partial charge in [-0.25, -0.2) is 0 Å². The zero-order chi connectivity index (χ0) is 16.4. The molecular formula is C22H25N. The van der Waals surface area contributed by atoms with Crippen molar-refractivity contribution in [3.63, 3.8) is 0 Å². The first-order valence-electron chi connectivity index (χ1n) is 8.55. The number of benzene rings is 2. The van der Waals surface area contributed by atoms with E-state index >= 15 is 0 Å². The topological polar surface area (TPSA) is 3.24 Å². The van der Waals surface area contributed by atoms with Gasteiger partial charge in [0.1, 0.15) is 0 Å². The van der Waals surface area contributed by atoms with Crippen molar-refractivity contribution in [2.75, 3.05) is 4.90 Å². The molecule has 2 aromatic rings. The fourth-order valence-corrected chi connectivity index (χ4v) is 3.36. The molecule has 1 heterocycles. The molecule has 118 valence electrons. The third-order valence-electron chi connectivity index (χ3n) is 4.82. The first kappa shape index (κ1) is 15.6. The van der Waals surface area contributed by atoms with Gasteiger partial charge in [-0.05, 0) is 48.1 Å². The molecule has 23 heavy (non-hydrogen) atoms. The van der Waals surface area contributed by atoms with Crippen LogP contribution in [-0.2, 0) is 0 Å². The lowest BCUT2D eigenvalue weighted by atomic mass is 9.86. The first-order chi connectivity index (χ1) is 11.2. The smallest absolute Gasteiger partial charge is 0.0467 e. The molecule has 0 saturated carbocycles. The summed E-state index contributed by atoms with van der Waals surface area (Å²) >= 11 is 0. The summed E-state index contributed by atoms with van der Waals surface area (Å²) < 4.78 is 0. The summed E-state index contributed by atoms with van der Waals surface area (Å²) in [6.45, 7) is 11.2. The zero-order valence-corrected chi connectivity index (χ0v) is 14.3. The highest BCUT2D eigenvalue weighted by atomic mass is 15.2. The van der Waals surface area contributed by atoms with Crippen molar-refractivity contribution in [2.24, 2.45) is 0 Å². The van der Waals surface area contributed by atoms with Crippen molar-refractivity contribution in [2.45, 2.75) is 39.5 Å². The van der Waals surface area contributed by atoms with Crippen LogP contribution in [0.2, 0.25) is 0 Å². The molecule has 1 atom stereocenters. The van der Waals surface area contributed by atoms with E-state index in [1.54, 1.807) is 0 Å². The fraction of sp³-hybridized carbons (Fsp3) is 0.273. The summed E-state index contributed by atoms with van der Waals surface area (Å²) in [5, 5.41) is 0. The van der Waals surface area contributed by atoms with Crippen LogP contribution in [0.25, 0.3) is 11.8 Å². The Morgan fingerprint density at radius 3 is 2.39 bits per heavy atom. The molecule has 1 nitrogen and oxygen atoms in total. The summed E-state index contributed by atoms with van der Waals surface area (Å²) in [5.41, 5.74) is 7.61. The van der Waals surface area contributed by atoms with Gasteiger partial charge in [0.2, 0.25) is 0 Å². The van der Waals surface area contributed by atoms with Crippen LogP contribution in [0.1, 0.15) is 56.2 Å². The molecule has 2 aromatic carbocycles. The standard InChI is InChI=1S/C22H25N/c1-5-16(3)21-14-10-11-18-15-19(6-2)23(17(4)22(18)21)20-12-8-7-9-13-20/h7-16H,4-6H2,1-3H3. The van der Waals surface area contributed by atoms with Crippen LogP contribution < -0.4 is 4.90 Å². The number of hydrogen-bond donors (Lipinski definition) is 0. The van der Waals surface area contributed by atoms with Crippen molar-refractivity contribution >= 4 is 17.5 Å². The van der Waals surface area contributed by atoms with Gasteiger partial charge in [0.05, 0.1) is 0 Å². The lowest BCUT2D eigenvalue weighted by Crippen LogP contribution is -2.24. The monoisotopic (exact) mass is 303 g/mol. The minimum absolute atomic E-state index is 0.538. The van der Waals surface area contributed by atoms with E-state index in [0.29, 0.717) is 5.92 Å². The molecule has 1 heteroatoms. The minimum Gasteiger partial charge on any atom is -0.314 e. The Bertz CT molecular complexity index is 740. The predicted octanol–water partition coefficient (Wildman–Crippen LogP) is 6.44. The first-order valence-corrected chi connectivity index (χ1v) is 8.55. The molecule has 0 saturated heterocycles. The van der Waals surface area contributed by atoms with E-state index < -0.39 is 0 Å². The molecule has 3 rings (SSSR count). The van der Waals surface area contributed by atoms with E-state index in [0.717, 1.165) is 18.5 Å². The van der Waals surface area contributed by atoms with Crippen LogP contribution in [0.15, 0.2) is 60.8 Å². The van der Waals surface area contributed by atoms with Gasteiger partial charge in [-0.1, -0.05) is 63.7 Å². The largest absolute Gasteiger partial charge is 0.314 e. The van der Waals surface area contributed by atoms with Gasteiger partial charge < -0.3 is 4.90 Å². The molecule has 1 unspecified atom stereocenters. The van der Waals surface area contributed by atoms with Gasteiger partial charge in [0.15, 0.2) is 0 Å². The van der Waals surface area contributed by atoms with Gasteiger partial charge in [0, 0.05) is 22.6 Å². The molecule has 0 N–H and O–H groups in total. The third kappa shape index (κ3) is 2.72. The average molecular weight is 303 g/mol. The van der Waals surface area contributed by atoms with Crippen molar-refractivity contribution in [3.05, 3.63) is 77.5 Å². The Balaban J connectivity index is 2.18. The Labute approximate surface area is 140 Å². The molecule has 0 fully saturated rings. The van der Waals surface area contributed by atoms with E-state index in [-0.39, 0.29) is 0 Å². The van der Waals surface area contributed by atoms with Crippen LogP contribution in [-0.4, -0.2) is 0 Å². The molecule has 0 amide bonds. The molecule has 0 bridgehead atoms. The van der Waals surface area contributed by atoms with E-state index in [9.17, 15) is 0 Å². The average Bonchev–Trinajstić information content (AvgIpc) is 2.60. The van der Waals surface area contributed by atoms with E-state index in [4.69, 9.17) is 0 Å². The fourth-order valence-electron chi connectivity index (χ4n) is 3.36. The maximum atomic E-state index is 4.47. The molecule has 0 aromatic heterocycles. The Hall–Kier alpha value is -2.28. The number of allylic oxidation sites excluding steroid dienone is 1. The van der Waals surface area contributed by atoms with E-state index in [2.05, 4.69) is 86.9 Å². The highest BCUT2D eigenvalue weighted by Gasteiger charge is 2.25. The van der Waals surface area contributed by atoms with E-state index in [1.165, 1.54) is 28.1 Å². The van der Waals surface area contributed by atoms with Crippen molar-refractivity contribution in [1.29, 1.82) is 0 Å². The Kier molecular flexibility index (Phi) is 4.38. The van der Waals surface area contributed by atoms with Gasteiger partial charge in [0.25, 0.3) is 0 Å². The summed E-state index contributed by atoms with van der Waals surface area (Å²) in [7, 11) is 0. The van der Waals surface area contributed by atoms with Gasteiger partial charge in [-0.2, -0.15) is 0 Å². The van der Waals surface area contributed by atoms with Crippen molar-refractivity contribution in [1.82, 2.24) is 0 Å². The normalized spacial score (nSPS) is 15.2. The van der Waals surface area contributed by atoms with Crippen LogP contribution in [0, 0.1) is 0 Å². The Morgan fingerprint density at radius 1 is 1.00 bits per heavy atom. The maximum absolute atomic E-state index is 4.47. The summed E-state index contributed by atoms with van der Waals surface area (Å²) in [4.78, 5) is 2.31. The molecule has 1 aliphatic rings. The number of para-hydroxylation sites is 1. The minimum atomic E-state index is 0.538. The van der Waals surface area contributed by atoms with Crippen molar-refractivity contribution < 1.29 is 0 Å². The number of hydrogen-bond acceptors (Lipinski definition) is 1. The summed E-state index contributed by atoms with van der Waals surface area (Å²) in [5.74, 6) is 0.538. The van der Waals surface area contributed by atoms with Gasteiger partial charge in [-0.15, -0.1) is 0 Å². The Morgan fingerprint density at radius 2 is 1.74 bits per heavy atom. The zero-order valence-electron chi connectivity index (χ0n) is 14.3. The second-order valence-electron chi connectivity index (χ2n) is 6.23. The quantitative estimate of drug-likeness (QED) is 0.628. The maximum Gasteiger partial charge on any atom is 0.0467 e. The molecule has 0 radical (unpaired) electrons. The third-order valence-corrected chi connectivity index (χ3v) is 4.82. The van der Waals surface area contributed by atoms with Crippen LogP contribution >= 0.6 is 0 Å². The molecule has 0 aliphatic carbocycles. The summed E-state index contributed by atoms with van der Waals surface area (Å²) in [6, 6.07) is 17.2. The van der Waals surface area contributed by atoms with Gasteiger partial charge >= 0.3 is 0 Å². The lowest BCUT2D eigenvalue weighted by Gasteiger charge is -2.35. The number of fused-ring (bicyclic) bond motifs is 1. The van der Waals surface area contributed by atoms with E-state index in [1.807, 2.05) is 0 Å². The lowest BCUT2D eigenvalue weighted by molar-refractivity contribution is 0.730. The predicted molar refractivity (Wildman–Crippen MR) is 101 cm³/mol. The number of rotatable bonds is 4. The van der Waals surface area contributed by atoms with Crippen molar-refractivity contribution in [3.8, 4) is 0 Å². The number of nitrogens with zero attached hydrogens (tertiary/aromatic N) is 1. The van der Waals surface area contributed by atoms with Gasteiger partial charge in [-0.3, -0.25) is 0 Å². The summed E-state index contributed by atoms with van der Waals surface area (Å²) in [6.07, 6.45) is 4.45. The SMILES string of the molecule is C=C1c2c(cccc2C(C)CC)C=C(CC)N1c1ccccc1. The second kappa shape index (κ2) is 6.45. The number of anilines is 1. The van der Waals surface area contributed by atoms with Crippen LogP contribution in [0.3, 0.4) is 0 Å². The van der Waals surface area contributed by atoms with Crippen LogP contribution in [0.5, 0.6) is 0 Å². The van der Waals surface area contributed by atoms with Crippen LogP contribution in [0.4, 0.5) is 5.69 Å². The highest BCUT2D eigenvalue weighted by molar-refractivity contribution is 5.92.